The van der Waals surface area contributed by atoms with Gasteiger partial charge >= 0.3 is 5.69 Å². The first kappa shape index (κ1) is 16.9. The average Bonchev–Trinajstić information content (AvgIpc) is 2.68. The lowest BCUT2D eigenvalue weighted by Gasteiger charge is -2.18. The van der Waals surface area contributed by atoms with Crippen molar-refractivity contribution in [2.45, 2.75) is 31.5 Å². The van der Waals surface area contributed by atoms with Crippen LogP contribution in [0, 0.1) is 6.92 Å². The Hall–Kier alpha value is -1.17. The minimum absolute atomic E-state index is 0. The zero-order valence-corrected chi connectivity index (χ0v) is 11.7. The molecular formula is C10H18N4O5S. The van der Waals surface area contributed by atoms with Crippen molar-refractivity contribution in [3.05, 3.63) is 22.2 Å². The molecule has 1 aromatic rings. The monoisotopic (exact) mass is 306 g/mol. The molecule has 0 radical (unpaired) electrons. The number of nitrogens with zero attached hydrogens (tertiary/aromatic N) is 2. The third kappa shape index (κ3) is 2.80. The molecule has 1 aromatic heterocycles. The van der Waals surface area contributed by atoms with Crippen LogP contribution in [0.3, 0.4) is 0 Å². The van der Waals surface area contributed by atoms with Crippen molar-refractivity contribution in [3.63, 3.8) is 0 Å². The van der Waals surface area contributed by atoms with Gasteiger partial charge in [0.1, 0.15) is 24.1 Å². The summed E-state index contributed by atoms with van der Waals surface area (Å²) in [4.78, 5) is 15.5. The molecule has 1 fully saturated rings. The standard InChI is InChI=1S/C10H16N4O5.H2S/c1-4-2-14(10(18)12-8(4)13-11)9-7(17)6(16)5(3-15)19-9;/h2,5-7,9,15-17H,3,11H2,1H3,(H,12,13,18);1H2/t5-,6-,7-,9-;/m1./s1. The van der Waals surface area contributed by atoms with Crippen LogP contribution in [0.15, 0.2) is 11.0 Å². The highest BCUT2D eigenvalue weighted by Crippen LogP contribution is 2.28. The van der Waals surface area contributed by atoms with Gasteiger partial charge in [-0.2, -0.15) is 18.5 Å². The van der Waals surface area contributed by atoms with Crippen molar-refractivity contribution in [1.29, 1.82) is 0 Å². The van der Waals surface area contributed by atoms with Gasteiger partial charge in [-0.1, -0.05) is 0 Å². The van der Waals surface area contributed by atoms with Gasteiger partial charge in [0.15, 0.2) is 6.23 Å². The molecule has 0 spiro atoms. The lowest BCUT2D eigenvalue weighted by molar-refractivity contribution is -0.0550. The summed E-state index contributed by atoms with van der Waals surface area (Å²) < 4.78 is 6.31. The predicted octanol–water partition coefficient (Wildman–Crippen LogP) is -2.44. The Balaban J connectivity index is 0.00000200. The number of nitrogens with one attached hydrogen (secondary N) is 1. The Morgan fingerprint density at radius 2 is 2.15 bits per heavy atom. The zero-order valence-electron chi connectivity index (χ0n) is 10.7. The molecule has 2 heterocycles. The fourth-order valence-corrected chi connectivity index (χ4v) is 2.00. The van der Waals surface area contributed by atoms with E-state index in [0.717, 1.165) is 4.57 Å². The number of hydrazine groups is 1. The number of aryl methyl sites for hydroxylation is 1. The smallest absolute Gasteiger partial charge is 0.351 e. The van der Waals surface area contributed by atoms with E-state index in [1.807, 2.05) is 0 Å². The molecule has 10 heteroatoms. The molecule has 0 unspecified atom stereocenters. The number of hydrogen-bond donors (Lipinski definition) is 5. The van der Waals surface area contributed by atoms with E-state index in [4.69, 9.17) is 15.7 Å². The number of aliphatic hydroxyl groups excluding tert-OH is 3. The second-order valence-corrected chi connectivity index (χ2v) is 4.34. The lowest BCUT2D eigenvalue weighted by atomic mass is 10.1. The van der Waals surface area contributed by atoms with Gasteiger partial charge in [0.25, 0.3) is 0 Å². The first-order valence-electron chi connectivity index (χ1n) is 5.68. The minimum Gasteiger partial charge on any atom is -0.394 e. The first-order valence-corrected chi connectivity index (χ1v) is 5.68. The maximum absolute atomic E-state index is 11.8. The number of anilines is 1. The van der Waals surface area contributed by atoms with Crippen molar-refractivity contribution in [2.75, 3.05) is 12.0 Å². The van der Waals surface area contributed by atoms with E-state index in [1.165, 1.54) is 6.20 Å². The Bertz CT molecular complexity index is 525. The summed E-state index contributed by atoms with van der Waals surface area (Å²) in [6, 6.07) is 0. The highest BCUT2D eigenvalue weighted by molar-refractivity contribution is 7.59. The number of hydrogen-bond acceptors (Lipinski definition) is 8. The fraction of sp³-hybridized carbons (Fsp3) is 0.600. The largest absolute Gasteiger partial charge is 0.394 e. The molecular weight excluding hydrogens is 288 g/mol. The molecule has 1 saturated heterocycles. The molecule has 1 aliphatic rings. The second kappa shape index (κ2) is 6.52. The zero-order chi connectivity index (χ0) is 14.2. The summed E-state index contributed by atoms with van der Waals surface area (Å²) in [6.07, 6.45) is -3.23. The number of aromatic nitrogens is 2. The van der Waals surface area contributed by atoms with Crippen LogP contribution in [0.1, 0.15) is 11.8 Å². The van der Waals surface area contributed by atoms with Gasteiger partial charge in [-0.3, -0.25) is 4.57 Å². The Morgan fingerprint density at radius 3 is 2.65 bits per heavy atom. The normalized spacial score (nSPS) is 29.1. The molecule has 0 aromatic carbocycles. The summed E-state index contributed by atoms with van der Waals surface area (Å²) >= 11 is 0. The van der Waals surface area contributed by atoms with Crippen molar-refractivity contribution in [2.24, 2.45) is 5.84 Å². The number of ether oxygens (including phenoxy) is 1. The molecule has 0 amide bonds. The fourth-order valence-electron chi connectivity index (χ4n) is 2.00. The molecule has 9 nitrogen and oxygen atoms in total. The molecule has 114 valence electrons. The van der Waals surface area contributed by atoms with Crippen LogP contribution in [0.4, 0.5) is 5.82 Å². The number of nitrogens with two attached hydrogens (primary N) is 1. The first-order chi connectivity index (χ1) is 8.99. The molecule has 20 heavy (non-hydrogen) atoms. The molecule has 4 atom stereocenters. The van der Waals surface area contributed by atoms with Crippen LogP contribution in [0.25, 0.3) is 0 Å². The molecule has 6 N–H and O–H groups in total. The van der Waals surface area contributed by atoms with Crippen molar-refractivity contribution in [3.8, 4) is 0 Å². The average molecular weight is 306 g/mol. The van der Waals surface area contributed by atoms with Crippen LogP contribution in [-0.4, -0.2) is 49.8 Å². The van der Waals surface area contributed by atoms with Gasteiger partial charge in [0.05, 0.1) is 6.61 Å². The molecule has 1 aliphatic heterocycles. The Morgan fingerprint density at radius 1 is 1.50 bits per heavy atom. The Kier molecular flexibility index (Phi) is 5.50. The van der Waals surface area contributed by atoms with Gasteiger partial charge < -0.3 is 25.5 Å². The predicted molar refractivity (Wildman–Crippen MR) is 74.4 cm³/mol. The maximum Gasteiger partial charge on any atom is 0.351 e. The van der Waals surface area contributed by atoms with E-state index in [9.17, 15) is 15.0 Å². The molecule has 0 bridgehead atoms. The second-order valence-electron chi connectivity index (χ2n) is 4.34. The van der Waals surface area contributed by atoms with Crippen LogP contribution in [-0.2, 0) is 4.74 Å². The highest BCUT2D eigenvalue weighted by Gasteiger charge is 2.43. The maximum atomic E-state index is 11.8. The summed E-state index contributed by atoms with van der Waals surface area (Å²) in [5.74, 6) is 5.42. The summed E-state index contributed by atoms with van der Waals surface area (Å²) in [5.41, 5.74) is 2.16. The van der Waals surface area contributed by atoms with Crippen molar-refractivity contribution in [1.82, 2.24) is 9.55 Å². The third-order valence-corrected chi connectivity index (χ3v) is 3.06. The summed E-state index contributed by atoms with van der Waals surface area (Å²) in [7, 11) is 0. The number of nitrogen functional groups attached to an aromatic ring is 1. The third-order valence-electron chi connectivity index (χ3n) is 3.06. The van der Waals surface area contributed by atoms with Gasteiger partial charge in [-0.15, -0.1) is 0 Å². The topological polar surface area (TPSA) is 143 Å². The Labute approximate surface area is 121 Å². The van der Waals surface area contributed by atoms with Crippen LogP contribution in [0.5, 0.6) is 0 Å². The van der Waals surface area contributed by atoms with E-state index in [0.29, 0.717) is 5.56 Å². The van der Waals surface area contributed by atoms with E-state index in [1.54, 1.807) is 6.92 Å². The molecule has 0 aliphatic carbocycles. The van der Waals surface area contributed by atoms with Gasteiger partial charge in [0, 0.05) is 11.8 Å². The van der Waals surface area contributed by atoms with E-state index < -0.39 is 36.8 Å². The number of rotatable bonds is 3. The lowest BCUT2D eigenvalue weighted by Crippen LogP contribution is -2.36. The summed E-state index contributed by atoms with van der Waals surface area (Å²) in [6.45, 7) is 1.21. The van der Waals surface area contributed by atoms with E-state index in [-0.39, 0.29) is 19.3 Å². The molecule has 0 saturated carbocycles. The summed E-state index contributed by atoms with van der Waals surface area (Å²) in [5, 5.41) is 28.5. The molecule has 2 rings (SSSR count). The van der Waals surface area contributed by atoms with Gasteiger partial charge in [-0.25, -0.2) is 10.6 Å². The minimum atomic E-state index is -1.33. The SMILES string of the molecule is Cc1cn([C@@H]2O[C@H](CO)[C@@H](O)[C@H]2O)c(=O)nc1NN.S. The van der Waals surface area contributed by atoms with Crippen molar-refractivity contribution < 1.29 is 20.1 Å². The van der Waals surface area contributed by atoms with Crippen LogP contribution >= 0.6 is 13.5 Å². The van der Waals surface area contributed by atoms with Gasteiger partial charge in [-0.05, 0) is 6.92 Å². The highest BCUT2D eigenvalue weighted by atomic mass is 32.1. The van der Waals surface area contributed by atoms with Gasteiger partial charge in [0.2, 0.25) is 0 Å². The number of aliphatic hydroxyl groups is 3. The quantitative estimate of drug-likeness (QED) is 0.306. The van der Waals surface area contributed by atoms with Crippen LogP contribution in [0.2, 0.25) is 0 Å². The van der Waals surface area contributed by atoms with Crippen LogP contribution < -0.4 is 17.0 Å². The van der Waals surface area contributed by atoms with E-state index >= 15 is 0 Å². The van der Waals surface area contributed by atoms with Crippen molar-refractivity contribution >= 4 is 19.3 Å². The van der Waals surface area contributed by atoms with E-state index in [2.05, 4.69) is 10.4 Å².